The number of nitrogens with zero attached hydrogens (tertiary/aromatic N) is 2. The van der Waals surface area contributed by atoms with Gasteiger partial charge in [-0.3, -0.25) is 9.69 Å². The Hall–Kier alpha value is -1.68. The fourth-order valence-electron chi connectivity index (χ4n) is 4.38. The molecule has 2 atom stereocenters. The number of carbonyl (C=O) groups is 1. The van der Waals surface area contributed by atoms with Crippen LogP contribution in [-0.4, -0.2) is 47.9 Å². The van der Waals surface area contributed by atoms with Gasteiger partial charge in [0, 0.05) is 32.2 Å². The SMILES string of the molecule is O=C1[C@H]2CC[C@H](CN(CC=Cc3ccc(F)cc3)C2)N1CC1CCC1. The van der Waals surface area contributed by atoms with Crippen molar-refractivity contribution in [3.05, 3.63) is 41.7 Å². The molecule has 0 N–H and O–H groups in total. The molecular weight excluding hydrogens is 315 g/mol. The van der Waals surface area contributed by atoms with Gasteiger partial charge in [-0.05, 0) is 49.3 Å². The van der Waals surface area contributed by atoms with E-state index in [0.717, 1.165) is 50.5 Å². The summed E-state index contributed by atoms with van der Waals surface area (Å²) in [4.78, 5) is 17.4. The lowest BCUT2D eigenvalue weighted by Gasteiger charge is -2.40. The second kappa shape index (κ2) is 7.28. The van der Waals surface area contributed by atoms with Gasteiger partial charge >= 0.3 is 0 Å². The first-order chi connectivity index (χ1) is 12.2. The summed E-state index contributed by atoms with van der Waals surface area (Å²) in [5.41, 5.74) is 1.02. The van der Waals surface area contributed by atoms with Crippen LogP contribution in [0.25, 0.3) is 6.08 Å². The van der Waals surface area contributed by atoms with Crippen molar-refractivity contribution in [3.63, 3.8) is 0 Å². The highest BCUT2D eigenvalue weighted by atomic mass is 19.1. The van der Waals surface area contributed by atoms with Crippen LogP contribution in [0.2, 0.25) is 0 Å². The highest BCUT2D eigenvalue weighted by Gasteiger charge is 2.41. The molecule has 0 radical (unpaired) electrons. The normalized spacial score (nSPS) is 27.7. The van der Waals surface area contributed by atoms with E-state index in [4.69, 9.17) is 0 Å². The van der Waals surface area contributed by atoms with Gasteiger partial charge in [-0.1, -0.05) is 30.7 Å². The summed E-state index contributed by atoms with van der Waals surface area (Å²) >= 11 is 0. The van der Waals surface area contributed by atoms with Gasteiger partial charge in [0.2, 0.25) is 5.91 Å². The Morgan fingerprint density at radius 3 is 2.60 bits per heavy atom. The molecule has 4 aliphatic rings. The highest BCUT2D eigenvalue weighted by Crippen LogP contribution is 2.33. The van der Waals surface area contributed by atoms with Crippen molar-refractivity contribution in [1.29, 1.82) is 0 Å². The molecule has 3 heterocycles. The molecule has 1 aromatic carbocycles. The van der Waals surface area contributed by atoms with Crippen molar-refractivity contribution in [2.75, 3.05) is 26.2 Å². The molecule has 3 nitrogen and oxygen atoms in total. The summed E-state index contributed by atoms with van der Waals surface area (Å²) in [5, 5.41) is 0. The van der Waals surface area contributed by atoms with Crippen molar-refractivity contribution in [1.82, 2.24) is 9.80 Å². The minimum absolute atomic E-state index is 0.179. The van der Waals surface area contributed by atoms with Crippen molar-refractivity contribution < 1.29 is 9.18 Å². The van der Waals surface area contributed by atoms with E-state index in [9.17, 15) is 9.18 Å². The van der Waals surface area contributed by atoms with Crippen LogP contribution < -0.4 is 0 Å². The zero-order valence-electron chi connectivity index (χ0n) is 14.7. The van der Waals surface area contributed by atoms with Gasteiger partial charge in [0.15, 0.2) is 0 Å². The Balaban J connectivity index is 1.37. The molecule has 1 amide bonds. The summed E-state index contributed by atoms with van der Waals surface area (Å²) in [5.74, 6) is 1.12. The topological polar surface area (TPSA) is 23.6 Å². The zero-order valence-corrected chi connectivity index (χ0v) is 14.7. The smallest absolute Gasteiger partial charge is 0.227 e. The van der Waals surface area contributed by atoms with E-state index in [-0.39, 0.29) is 11.7 Å². The van der Waals surface area contributed by atoms with E-state index < -0.39 is 0 Å². The average Bonchev–Trinajstić information content (AvgIpc) is 2.84. The van der Waals surface area contributed by atoms with Crippen molar-refractivity contribution in [2.24, 2.45) is 11.8 Å². The second-order valence-electron chi connectivity index (χ2n) is 7.89. The molecule has 25 heavy (non-hydrogen) atoms. The van der Waals surface area contributed by atoms with Crippen LogP contribution in [0.1, 0.15) is 37.7 Å². The number of hydrogen-bond donors (Lipinski definition) is 0. The lowest BCUT2D eigenvalue weighted by atomic mass is 9.83. The number of benzene rings is 1. The monoisotopic (exact) mass is 342 g/mol. The Bertz CT molecular complexity index is 638. The lowest BCUT2D eigenvalue weighted by Crippen LogP contribution is -2.50. The second-order valence-corrected chi connectivity index (χ2v) is 7.89. The van der Waals surface area contributed by atoms with E-state index >= 15 is 0 Å². The van der Waals surface area contributed by atoms with Crippen molar-refractivity contribution >= 4 is 12.0 Å². The summed E-state index contributed by atoms with van der Waals surface area (Å²) in [6.45, 7) is 3.71. The largest absolute Gasteiger partial charge is 0.338 e. The first-order valence-corrected chi connectivity index (χ1v) is 9.64. The minimum Gasteiger partial charge on any atom is -0.338 e. The predicted molar refractivity (Wildman–Crippen MR) is 97.4 cm³/mol. The summed E-state index contributed by atoms with van der Waals surface area (Å²) in [6.07, 6.45) is 10.3. The predicted octanol–water partition coefficient (Wildman–Crippen LogP) is 3.56. The van der Waals surface area contributed by atoms with Crippen LogP contribution in [0.15, 0.2) is 30.3 Å². The Labute approximate surface area is 149 Å². The molecular formula is C21H27FN2O. The molecule has 0 aromatic heterocycles. The summed E-state index contributed by atoms with van der Waals surface area (Å²) in [6, 6.07) is 6.96. The van der Waals surface area contributed by atoms with Crippen molar-refractivity contribution in [3.8, 4) is 0 Å². The van der Waals surface area contributed by atoms with Gasteiger partial charge in [-0.25, -0.2) is 4.39 Å². The fraction of sp³-hybridized carbons (Fsp3) is 0.571. The Morgan fingerprint density at radius 2 is 1.88 bits per heavy atom. The molecule has 4 fully saturated rings. The zero-order chi connectivity index (χ0) is 17.2. The Kier molecular flexibility index (Phi) is 4.89. The number of piperidine rings is 1. The maximum Gasteiger partial charge on any atom is 0.227 e. The summed E-state index contributed by atoms with van der Waals surface area (Å²) < 4.78 is 13.0. The standard InChI is InChI=1S/C21H27FN2O/c22-19-9-6-16(7-10-19)5-2-12-23-14-18-8-11-20(15-23)24(21(18)25)13-17-3-1-4-17/h2,5-7,9-10,17-18,20H,1,3-4,8,11-15H2/t18-,20+/m0/s1. The molecule has 4 heteroatoms. The van der Waals surface area contributed by atoms with E-state index in [2.05, 4.69) is 15.9 Å². The van der Waals surface area contributed by atoms with E-state index in [1.54, 1.807) is 12.1 Å². The maximum atomic E-state index is 13.0. The average molecular weight is 342 g/mol. The van der Waals surface area contributed by atoms with Gasteiger partial charge in [0.05, 0.1) is 5.92 Å². The van der Waals surface area contributed by atoms with Gasteiger partial charge < -0.3 is 4.90 Å². The molecule has 2 bridgehead atoms. The maximum absolute atomic E-state index is 13.0. The van der Waals surface area contributed by atoms with Crippen LogP contribution in [0.3, 0.4) is 0 Å². The number of hydrogen-bond acceptors (Lipinski definition) is 2. The first-order valence-electron chi connectivity index (χ1n) is 9.64. The van der Waals surface area contributed by atoms with E-state index in [1.165, 1.54) is 31.4 Å². The van der Waals surface area contributed by atoms with Crippen LogP contribution in [-0.2, 0) is 4.79 Å². The third-order valence-corrected chi connectivity index (χ3v) is 6.09. The van der Waals surface area contributed by atoms with Crippen LogP contribution >= 0.6 is 0 Å². The molecule has 3 aliphatic heterocycles. The number of rotatable bonds is 5. The molecule has 1 aromatic rings. The van der Waals surface area contributed by atoms with E-state index in [0.29, 0.717) is 11.9 Å². The minimum atomic E-state index is -0.202. The first kappa shape index (κ1) is 16.8. The van der Waals surface area contributed by atoms with Gasteiger partial charge in [0.25, 0.3) is 0 Å². The fourth-order valence-corrected chi connectivity index (χ4v) is 4.38. The van der Waals surface area contributed by atoms with Crippen LogP contribution in [0, 0.1) is 17.7 Å². The molecule has 1 saturated carbocycles. The van der Waals surface area contributed by atoms with Crippen molar-refractivity contribution in [2.45, 2.75) is 38.1 Å². The van der Waals surface area contributed by atoms with Crippen LogP contribution in [0.5, 0.6) is 0 Å². The molecule has 1 aliphatic carbocycles. The third-order valence-electron chi connectivity index (χ3n) is 6.09. The molecule has 134 valence electrons. The van der Waals surface area contributed by atoms with Gasteiger partial charge in [-0.2, -0.15) is 0 Å². The Morgan fingerprint density at radius 1 is 1.08 bits per heavy atom. The van der Waals surface area contributed by atoms with Crippen LogP contribution in [0.4, 0.5) is 4.39 Å². The molecule has 0 spiro atoms. The summed E-state index contributed by atoms with van der Waals surface area (Å²) in [7, 11) is 0. The highest BCUT2D eigenvalue weighted by molar-refractivity contribution is 5.80. The number of halogens is 1. The molecule has 5 rings (SSSR count). The number of carbonyl (C=O) groups excluding carboxylic acids is 1. The van der Waals surface area contributed by atoms with E-state index in [1.807, 2.05) is 6.08 Å². The number of amides is 1. The lowest BCUT2D eigenvalue weighted by molar-refractivity contribution is -0.141. The quantitative estimate of drug-likeness (QED) is 0.817. The molecule has 0 unspecified atom stereocenters. The van der Waals surface area contributed by atoms with Gasteiger partial charge in [-0.15, -0.1) is 0 Å². The third kappa shape index (κ3) is 3.79. The number of fused-ring (bicyclic) bond motifs is 4. The van der Waals surface area contributed by atoms with Gasteiger partial charge in [0.1, 0.15) is 5.82 Å². The molecule has 3 saturated heterocycles.